The van der Waals surface area contributed by atoms with E-state index in [4.69, 9.17) is 22.8 Å². The predicted molar refractivity (Wildman–Crippen MR) is 111 cm³/mol. The van der Waals surface area contributed by atoms with E-state index in [0.717, 1.165) is 11.3 Å². The van der Waals surface area contributed by atoms with Gasteiger partial charge in [-0.05, 0) is 56.5 Å². The molecule has 0 aliphatic carbocycles. The number of carbonyl (C=O) groups excluding carboxylic acids is 1. The van der Waals surface area contributed by atoms with Gasteiger partial charge in [0.05, 0.1) is 11.4 Å². The van der Waals surface area contributed by atoms with Crippen LogP contribution in [-0.2, 0) is 6.61 Å². The summed E-state index contributed by atoms with van der Waals surface area (Å²) < 4.78 is 6.98. The fourth-order valence-corrected chi connectivity index (χ4v) is 3.04. The highest BCUT2D eigenvalue weighted by atomic mass is 35.5. The Morgan fingerprint density at radius 2 is 1.97 bits per heavy atom. The predicted octanol–water partition coefficient (Wildman–Crippen LogP) is 3.60. The lowest BCUT2D eigenvalue weighted by Crippen LogP contribution is -2.24. The molecule has 6 nitrogen and oxygen atoms in total. The van der Waals surface area contributed by atoms with Gasteiger partial charge in [-0.15, -0.1) is 6.42 Å². The average molecular weight is 408 g/mol. The Kier molecular flexibility index (Phi) is 5.81. The van der Waals surface area contributed by atoms with Crippen LogP contribution in [-0.4, -0.2) is 20.3 Å². The second-order valence-corrected chi connectivity index (χ2v) is 6.83. The number of carbonyl (C=O) groups is 1. The largest absolute Gasteiger partial charge is 0.470 e. The lowest BCUT2D eigenvalue weighted by molar-refractivity contribution is 0.105. The van der Waals surface area contributed by atoms with Crippen LogP contribution in [0, 0.1) is 33.1 Å². The minimum Gasteiger partial charge on any atom is -0.470 e. The number of hydrogen-bond donors (Lipinski definition) is 0. The first kappa shape index (κ1) is 20.3. The van der Waals surface area contributed by atoms with E-state index in [1.54, 1.807) is 25.1 Å². The number of terminal acetylenes is 1. The zero-order valence-corrected chi connectivity index (χ0v) is 16.9. The van der Waals surface area contributed by atoms with E-state index in [2.05, 4.69) is 15.9 Å². The van der Waals surface area contributed by atoms with E-state index in [-0.39, 0.29) is 17.5 Å². The Morgan fingerprint density at radius 3 is 2.66 bits per heavy atom. The van der Waals surface area contributed by atoms with Gasteiger partial charge >= 0.3 is 0 Å². The van der Waals surface area contributed by atoms with Crippen molar-refractivity contribution in [3.05, 3.63) is 80.1 Å². The number of Topliss-reactive ketones (excluding diaryl/α,β-unsaturated/α-hetero) is 1. The standard InChI is InChI=1S/C22H18ClN3O3/c1-5-19(27)16-10-9-13(2)18(11-16)26-15(4)25-21(20(23)22(26)28)29-12-17-8-6-7-14(3)24-17/h1,6-11H,12H2,2-4H3. The lowest BCUT2D eigenvalue weighted by atomic mass is 10.1. The maximum Gasteiger partial charge on any atom is 0.280 e. The van der Waals surface area contributed by atoms with Crippen LogP contribution in [0.2, 0.25) is 5.02 Å². The van der Waals surface area contributed by atoms with Gasteiger partial charge in [0.25, 0.3) is 5.56 Å². The SMILES string of the molecule is C#CC(=O)c1ccc(C)c(-n2c(C)nc(OCc3cccc(C)n3)c(Cl)c2=O)c1. The Bertz CT molecular complexity index is 1210. The Hall–Kier alpha value is -3.43. The molecule has 0 N–H and O–H groups in total. The highest BCUT2D eigenvalue weighted by Crippen LogP contribution is 2.23. The van der Waals surface area contributed by atoms with Crippen molar-refractivity contribution in [2.45, 2.75) is 27.4 Å². The fourth-order valence-electron chi connectivity index (χ4n) is 2.86. The number of hydrogen-bond acceptors (Lipinski definition) is 5. The zero-order chi connectivity index (χ0) is 21.1. The van der Waals surface area contributed by atoms with Crippen LogP contribution in [0.3, 0.4) is 0 Å². The minimum absolute atomic E-state index is 0.0298. The number of ketones is 1. The van der Waals surface area contributed by atoms with Gasteiger partial charge < -0.3 is 4.74 Å². The van der Waals surface area contributed by atoms with Gasteiger partial charge in [0, 0.05) is 11.3 Å². The van der Waals surface area contributed by atoms with Gasteiger partial charge in [-0.2, -0.15) is 4.98 Å². The van der Waals surface area contributed by atoms with Crippen molar-refractivity contribution in [2.75, 3.05) is 0 Å². The molecule has 7 heteroatoms. The molecule has 0 aliphatic heterocycles. The van der Waals surface area contributed by atoms with Crippen molar-refractivity contribution in [1.29, 1.82) is 0 Å². The topological polar surface area (TPSA) is 74.1 Å². The summed E-state index contributed by atoms with van der Waals surface area (Å²) in [6.45, 7) is 5.47. The normalized spacial score (nSPS) is 10.4. The van der Waals surface area contributed by atoms with Gasteiger partial charge in [-0.3, -0.25) is 19.1 Å². The molecule has 0 unspecified atom stereocenters. The Labute approximate surface area is 173 Å². The molecule has 1 aromatic carbocycles. The number of aryl methyl sites for hydroxylation is 3. The molecule has 0 radical (unpaired) electrons. The molecular weight excluding hydrogens is 390 g/mol. The van der Waals surface area contributed by atoms with Crippen LogP contribution in [0.1, 0.15) is 33.1 Å². The fraction of sp³-hybridized carbons (Fsp3) is 0.182. The average Bonchev–Trinajstić information content (AvgIpc) is 2.70. The van der Waals surface area contributed by atoms with Crippen molar-refractivity contribution in [2.24, 2.45) is 0 Å². The third-order valence-electron chi connectivity index (χ3n) is 4.31. The summed E-state index contributed by atoms with van der Waals surface area (Å²) in [7, 11) is 0. The van der Waals surface area contributed by atoms with Crippen LogP contribution in [0.5, 0.6) is 5.88 Å². The van der Waals surface area contributed by atoms with Crippen LogP contribution in [0.25, 0.3) is 5.69 Å². The summed E-state index contributed by atoms with van der Waals surface area (Å²) >= 11 is 6.26. The molecule has 0 saturated heterocycles. The van der Waals surface area contributed by atoms with Crippen molar-refractivity contribution in [3.8, 4) is 23.9 Å². The smallest absolute Gasteiger partial charge is 0.280 e. The molecule has 0 amide bonds. The summed E-state index contributed by atoms with van der Waals surface area (Å²) in [5.41, 5.74) is 2.60. The summed E-state index contributed by atoms with van der Waals surface area (Å²) in [6, 6.07) is 10.4. The first-order chi connectivity index (χ1) is 13.8. The number of nitrogens with zero attached hydrogens (tertiary/aromatic N) is 3. The third-order valence-corrected chi connectivity index (χ3v) is 4.64. The molecule has 0 fully saturated rings. The van der Waals surface area contributed by atoms with E-state index in [1.807, 2.05) is 32.0 Å². The summed E-state index contributed by atoms with van der Waals surface area (Å²) in [4.78, 5) is 33.5. The lowest BCUT2D eigenvalue weighted by Gasteiger charge is -2.15. The molecule has 3 rings (SSSR count). The molecule has 0 spiro atoms. The number of halogens is 1. The van der Waals surface area contributed by atoms with Gasteiger partial charge in [0.15, 0.2) is 5.02 Å². The second-order valence-electron chi connectivity index (χ2n) is 6.45. The Morgan fingerprint density at radius 1 is 1.21 bits per heavy atom. The number of ether oxygens (including phenoxy) is 1. The van der Waals surface area contributed by atoms with Crippen molar-refractivity contribution in [1.82, 2.24) is 14.5 Å². The van der Waals surface area contributed by atoms with Gasteiger partial charge in [-0.25, -0.2) is 0 Å². The molecule has 2 aromatic heterocycles. The van der Waals surface area contributed by atoms with Crippen molar-refractivity contribution < 1.29 is 9.53 Å². The maximum absolute atomic E-state index is 12.9. The van der Waals surface area contributed by atoms with Crippen LogP contribution < -0.4 is 10.3 Å². The molecule has 29 heavy (non-hydrogen) atoms. The van der Waals surface area contributed by atoms with Gasteiger partial charge in [0.2, 0.25) is 11.7 Å². The molecule has 0 bridgehead atoms. The second kappa shape index (κ2) is 8.29. The van der Waals surface area contributed by atoms with Gasteiger partial charge in [0.1, 0.15) is 12.4 Å². The number of benzene rings is 1. The third kappa shape index (κ3) is 4.20. The Balaban J connectivity index is 2.01. The first-order valence-electron chi connectivity index (χ1n) is 8.78. The highest BCUT2D eigenvalue weighted by molar-refractivity contribution is 6.31. The van der Waals surface area contributed by atoms with Crippen LogP contribution in [0.4, 0.5) is 0 Å². The van der Waals surface area contributed by atoms with E-state index < -0.39 is 11.3 Å². The molecule has 0 atom stereocenters. The van der Waals surface area contributed by atoms with Crippen LogP contribution >= 0.6 is 11.6 Å². The quantitative estimate of drug-likeness (QED) is 0.367. The number of rotatable bonds is 5. The molecule has 3 aromatic rings. The molecule has 2 heterocycles. The van der Waals surface area contributed by atoms with E-state index in [9.17, 15) is 9.59 Å². The molecule has 146 valence electrons. The highest BCUT2D eigenvalue weighted by Gasteiger charge is 2.18. The first-order valence-corrected chi connectivity index (χ1v) is 9.16. The molecule has 0 aliphatic rings. The number of pyridine rings is 1. The number of aromatic nitrogens is 3. The van der Waals surface area contributed by atoms with Crippen molar-refractivity contribution >= 4 is 17.4 Å². The van der Waals surface area contributed by atoms with Crippen molar-refractivity contribution in [3.63, 3.8) is 0 Å². The van der Waals surface area contributed by atoms with Crippen LogP contribution in [0.15, 0.2) is 41.2 Å². The molecular formula is C22H18ClN3O3. The minimum atomic E-state index is -0.500. The van der Waals surface area contributed by atoms with E-state index >= 15 is 0 Å². The molecule has 0 saturated carbocycles. The van der Waals surface area contributed by atoms with Gasteiger partial charge in [-0.1, -0.05) is 23.7 Å². The summed E-state index contributed by atoms with van der Waals surface area (Å²) in [5.74, 6) is 1.99. The van der Waals surface area contributed by atoms with E-state index in [1.165, 1.54) is 4.57 Å². The maximum atomic E-state index is 12.9. The summed E-state index contributed by atoms with van der Waals surface area (Å²) in [5, 5.41) is -0.156. The monoisotopic (exact) mass is 407 g/mol. The summed E-state index contributed by atoms with van der Waals surface area (Å²) in [6.07, 6.45) is 5.20. The zero-order valence-electron chi connectivity index (χ0n) is 16.2. The van der Waals surface area contributed by atoms with E-state index in [0.29, 0.717) is 22.8 Å².